The maximum absolute atomic E-state index is 6.40. The topological polar surface area (TPSA) is 29.3 Å². The average molecular weight is 697 g/mol. The molecule has 10 rings (SSSR count). The van der Waals surface area contributed by atoms with Crippen LogP contribution in [0.5, 0.6) is 0 Å². The van der Waals surface area contributed by atoms with E-state index in [0.29, 0.717) is 0 Å². The number of thiazole rings is 1. The van der Waals surface area contributed by atoms with Crippen LogP contribution in [0.3, 0.4) is 0 Å². The molecule has 53 heavy (non-hydrogen) atoms. The molecule has 0 radical (unpaired) electrons. The number of nitrogens with zero attached hydrogens (tertiary/aromatic N) is 2. The highest BCUT2D eigenvalue weighted by atomic mass is 32.1. The Morgan fingerprint density at radius 2 is 0.962 bits per heavy atom. The van der Waals surface area contributed by atoms with Gasteiger partial charge in [0, 0.05) is 39.3 Å². The van der Waals surface area contributed by atoms with Gasteiger partial charge in [0.25, 0.3) is 0 Å². The minimum Gasteiger partial charge on any atom is -0.456 e. The minimum atomic E-state index is 0.853. The molecule has 2 aromatic heterocycles. The Morgan fingerprint density at radius 3 is 1.68 bits per heavy atom. The van der Waals surface area contributed by atoms with E-state index in [-0.39, 0.29) is 0 Å². The van der Waals surface area contributed by atoms with Crippen LogP contribution in [0.1, 0.15) is 0 Å². The zero-order valence-corrected chi connectivity index (χ0v) is 29.5. The molecule has 4 heteroatoms. The first kappa shape index (κ1) is 31.0. The van der Waals surface area contributed by atoms with E-state index in [2.05, 4.69) is 193 Å². The third-order valence-electron chi connectivity index (χ3n) is 9.90. The summed E-state index contributed by atoms with van der Waals surface area (Å²) in [5, 5.41) is 3.22. The van der Waals surface area contributed by atoms with Gasteiger partial charge < -0.3 is 9.32 Å². The molecule has 0 N–H and O–H groups in total. The quantitative estimate of drug-likeness (QED) is 0.166. The lowest BCUT2D eigenvalue weighted by Crippen LogP contribution is -2.11. The van der Waals surface area contributed by atoms with Crippen molar-refractivity contribution in [2.24, 2.45) is 0 Å². The van der Waals surface area contributed by atoms with Gasteiger partial charge in [-0.15, -0.1) is 11.3 Å². The highest BCUT2D eigenvalue weighted by molar-refractivity contribution is 7.21. The van der Waals surface area contributed by atoms with Gasteiger partial charge in [0.05, 0.1) is 15.9 Å². The maximum atomic E-state index is 6.40. The number of hydrogen-bond donors (Lipinski definition) is 0. The molecule has 0 amide bonds. The number of benzene rings is 8. The van der Waals surface area contributed by atoms with Crippen LogP contribution >= 0.6 is 11.3 Å². The van der Waals surface area contributed by atoms with Crippen LogP contribution in [-0.4, -0.2) is 4.98 Å². The minimum absolute atomic E-state index is 0.853. The van der Waals surface area contributed by atoms with Gasteiger partial charge in [-0.2, -0.15) is 0 Å². The molecule has 0 bridgehead atoms. The molecular weight excluding hydrogens is 665 g/mol. The normalized spacial score (nSPS) is 11.4. The molecule has 250 valence electrons. The first-order valence-corrected chi connectivity index (χ1v) is 18.6. The molecule has 0 spiro atoms. The van der Waals surface area contributed by atoms with Crippen molar-refractivity contribution in [3.05, 3.63) is 194 Å². The number of hydrogen-bond acceptors (Lipinski definition) is 4. The second kappa shape index (κ2) is 13.1. The van der Waals surface area contributed by atoms with E-state index < -0.39 is 0 Å². The Balaban J connectivity index is 1.10. The number of fused-ring (bicyclic) bond motifs is 4. The largest absolute Gasteiger partial charge is 0.456 e. The van der Waals surface area contributed by atoms with Crippen molar-refractivity contribution in [3.8, 4) is 44.0 Å². The van der Waals surface area contributed by atoms with Crippen molar-refractivity contribution < 1.29 is 4.42 Å². The Morgan fingerprint density at radius 1 is 0.415 bits per heavy atom. The van der Waals surface area contributed by atoms with E-state index in [1.165, 1.54) is 11.1 Å². The molecular formula is C49H32N2OS. The highest BCUT2D eigenvalue weighted by Crippen LogP contribution is 2.44. The molecule has 0 atom stereocenters. The van der Waals surface area contributed by atoms with Gasteiger partial charge in [0.2, 0.25) is 0 Å². The van der Waals surface area contributed by atoms with E-state index >= 15 is 0 Å². The van der Waals surface area contributed by atoms with Gasteiger partial charge in [-0.1, -0.05) is 133 Å². The van der Waals surface area contributed by atoms with Crippen LogP contribution in [0.15, 0.2) is 199 Å². The van der Waals surface area contributed by atoms with Gasteiger partial charge >= 0.3 is 0 Å². The second-order valence-corrected chi connectivity index (χ2v) is 14.2. The summed E-state index contributed by atoms with van der Waals surface area (Å²) in [6.07, 6.45) is 0. The van der Waals surface area contributed by atoms with E-state index in [0.717, 1.165) is 82.0 Å². The molecule has 0 fully saturated rings. The molecule has 3 nitrogen and oxygen atoms in total. The van der Waals surface area contributed by atoms with Crippen LogP contribution in [0.25, 0.3) is 76.1 Å². The molecule has 0 saturated heterocycles. The summed E-state index contributed by atoms with van der Waals surface area (Å²) in [7, 11) is 0. The van der Waals surface area contributed by atoms with Gasteiger partial charge in [0.15, 0.2) is 0 Å². The summed E-state index contributed by atoms with van der Waals surface area (Å²) in [6.45, 7) is 0. The van der Waals surface area contributed by atoms with E-state index in [4.69, 9.17) is 9.40 Å². The van der Waals surface area contributed by atoms with Crippen LogP contribution in [-0.2, 0) is 0 Å². The predicted molar refractivity (Wildman–Crippen MR) is 223 cm³/mol. The van der Waals surface area contributed by atoms with Crippen LogP contribution < -0.4 is 4.90 Å². The zero-order chi connectivity index (χ0) is 35.1. The monoisotopic (exact) mass is 696 g/mol. The van der Waals surface area contributed by atoms with Crippen molar-refractivity contribution in [1.82, 2.24) is 4.98 Å². The van der Waals surface area contributed by atoms with Gasteiger partial charge in [-0.05, 0) is 82.4 Å². The first-order valence-electron chi connectivity index (χ1n) is 17.8. The average Bonchev–Trinajstić information content (AvgIpc) is 3.82. The molecule has 0 aliphatic rings. The van der Waals surface area contributed by atoms with Crippen LogP contribution in [0.4, 0.5) is 17.1 Å². The molecule has 10 aromatic rings. The Hall–Kier alpha value is -6.75. The third-order valence-corrected chi connectivity index (χ3v) is 11.0. The fraction of sp³-hybridized carbons (Fsp3) is 0. The van der Waals surface area contributed by atoms with Crippen molar-refractivity contribution in [2.45, 2.75) is 0 Å². The molecule has 0 aliphatic heterocycles. The predicted octanol–water partition coefficient (Wildman–Crippen LogP) is 14.3. The maximum Gasteiger partial charge on any atom is 0.137 e. The van der Waals surface area contributed by atoms with Crippen molar-refractivity contribution in [3.63, 3.8) is 0 Å². The smallest absolute Gasteiger partial charge is 0.137 e. The number of anilines is 3. The Bertz CT molecular complexity index is 2860. The van der Waals surface area contributed by atoms with Crippen LogP contribution in [0.2, 0.25) is 0 Å². The molecule has 0 aliphatic carbocycles. The van der Waals surface area contributed by atoms with Crippen LogP contribution in [0, 0.1) is 0 Å². The third kappa shape index (κ3) is 5.76. The zero-order valence-electron chi connectivity index (χ0n) is 28.7. The summed E-state index contributed by atoms with van der Waals surface area (Å²) < 4.78 is 7.55. The summed E-state index contributed by atoms with van der Waals surface area (Å²) >= 11 is 1.72. The van der Waals surface area contributed by atoms with Gasteiger partial charge in [-0.3, -0.25) is 0 Å². The molecule has 2 heterocycles. The summed E-state index contributed by atoms with van der Waals surface area (Å²) in [6, 6.07) is 68.8. The fourth-order valence-electron chi connectivity index (χ4n) is 7.28. The Kier molecular flexibility index (Phi) is 7.67. The molecule has 0 saturated carbocycles. The summed E-state index contributed by atoms with van der Waals surface area (Å²) in [5.41, 5.74) is 14.1. The second-order valence-electron chi connectivity index (χ2n) is 13.2. The first-order chi connectivity index (χ1) is 26.2. The number of aromatic nitrogens is 1. The highest BCUT2D eigenvalue weighted by Gasteiger charge is 2.19. The Labute approximate surface area is 311 Å². The number of furan rings is 1. The fourth-order valence-corrected chi connectivity index (χ4v) is 8.27. The standard InChI is InChI=1S/C49H32N2OS/c1-5-13-33(14-6-1)34-21-25-40(26-22-34)51(39-19-11-4-12-20-39)45-27-23-37(29-41(45)35-15-7-2-8-16-35)38-24-28-46-42(30-38)43-31-48-44(32-47(43)52-46)50-49(53-48)36-17-9-3-10-18-36/h1-32H. The molecule has 8 aromatic carbocycles. The molecule has 0 unspecified atom stereocenters. The van der Waals surface area contributed by atoms with Crippen molar-refractivity contribution in [1.29, 1.82) is 0 Å². The van der Waals surface area contributed by atoms with Crippen molar-refractivity contribution >= 4 is 60.6 Å². The lowest BCUT2D eigenvalue weighted by molar-refractivity contribution is 0.669. The lowest BCUT2D eigenvalue weighted by Gasteiger charge is -2.28. The van der Waals surface area contributed by atoms with Crippen molar-refractivity contribution in [2.75, 3.05) is 4.90 Å². The van der Waals surface area contributed by atoms with E-state index in [1.807, 2.05) is 6.07 Å². The summed E-state index contributed by atoms with van der Waals surface area (Å²) in [5.74, 6) is 0. The van der Waals surface area contributed by atoms with Gasteiger partial charge in [-0.25, -0.2) is 4.98 Å². The number of para-hydroxylation sites is 1. The lowest BCUT2D eigenvalue weighted by atomic mass is 9.95. The van der Waals surface area contributed by atoms with E-state index in [1.54, 1.807) is 11.3 Å². The van der Waals surface area contributed by atoms with E-state index in [9.17, 15) is 0 Å². The van der Waals surface area contributed by atoms with Gasteiger partial charge in [0.1, 0.15) is 16.2 Å². The summed E-state index contributed by atoms with van der Waals surface area (Å²) in [4.78, 5) is 7.30. The SMILES string of the molecule is c1ccc(-c2ccc(N(c3ccccc3)c3ccc(-c4ccc5oc6cc7nc(-c8ccccc8)sc7cc6c5c4)cc3-c3ccccc3)cc2)cc1. The number of rotatable bonds is 7.